The van der Waals surface area contributed by atoms with Crippen LogP contribution in [0.2, 0.25) is 5.02 Å². The maximum absolute atomic E-state index is 12.6. The van der Waals surface area contributed by atoms with Gasteiger partial charge in [0.25, 0.3) is 5.91 Å². The number of carbonyl (C=O) groups is 1. The Balaban J connectivity index is 1.60. The van der Waals surface area contributed by atoms with Gasteiger partial charge in [0.15, 0.2) is 11.5 Å². The van der Waals surface area contributed by atoms with Crippen LogP contribution in [0.4, 0.5) is 11.4 Å². The smallest absolute Gasteiger partial charge is 0.255 e. The zero-order valence-corrected chi connectivity index (χ0v) is 13.8. The molecule has 124 valence electrons. The van der Waals surface area contributed by atoms with Crippen molar-refractivity contribution < 1.29 is 14.3 Å². The summed E-state index contributed by atoms with van der Waals surface area (Å²) in [7, 11) is 0. The molecular weight excluding hydrogens is 328 g/mol. The maximum Gasteiger partial charge on any atom is 0.255 e. The van der Waals surface area contributed by atoms with Crippen molar-refractivity contribution in [1.29, 1.82) is 0 Å². The number of halogens is 1. The Morgan fingerprint density at radius 2 is 1.92 bits per heavy atom. The van der Waals surface area contributed by atoms with Crippen LogP contribution in [-0.4, -0.2) is 25.8 Å². The fraction of sp³-hybridized carbons (Fsp3) is 0.278. The number of nitrogens with zero attached hydrogens (tertiary/aromatic N) is 1. The lowest BCUT2D eigenvalue weighted by atomic mass is 10.1. The van der Waals surface area contributed by atoms with E-state index >= 15 is 0 Å². The summed E-state index contributed by atoms with van der Waals surface area (Å²) in [4.78, 5) is 14.9. The van der Waals surface area contributed by atoms with E-state index in [0.29, 0.717) is 22.1 Å². The first-order valence-electron chi connectivity index (χ1n) is 7.97. The van der Waals surface area contributed by atoms with Gasteiger partial charge in [0.05, 0.1) is 16.4 Å². The molecule has 1 amide bonds. The van der Waals surface area contributed by atoms with Crippen molar-refractivity contribution >= 4 is 28.9 Å². The number of ether oxygens (including phenoxy) is 2. The Kier molecular flexibility index (Phi) is 3.94. The third-order valence-electron chi connectivity index (χ3n) is 4.29. The van der Waals surface area contributed by atoms with Crippen LogP contribution in [0.1, 0.15) is 23.2 Å². The molecule has 6 heteroatoms. The van der Waals surface area contributed by atoms with Crippen LogP contribution in [0.25, 0.3) is 0 Å². The maximum atomic E-state index is 12.6. The molecule has 0 unspecified atom stereocenters. The number of anilines is 2. The number of carbonyl (C=O) groups excluding carboxylic acids is 1. The first-order chi connectivity index (χ1) is 11.7. The van der Waals surface area contributed by atoms with Gasteiger partial charge in [0, 0.05) is 18.7 Å². The molecule has 1 fully saturated rings. The summed E-state index contributed by atoms with van der Waals surface area (Å²) < 4.78 is 10.6. The summed E-state index contributed by atoms with van der Waals surface area (Å²) in [5, 5.41) is 3.36. The van der Waals surface area contributed by atoms with E-state index in [1.54, 1.807) is 12.1 Å². The summed E-state index contributed by atoms with van der Waals surface area (Å²) in [6.45, 7) is 2.16. The predicted molar refractivity (Wildman–Crippen MR) is 93.4 cm³/mol. The normalized spacial score (nSPS) is 15.6. The number of para-hydroxylation sites is 2. The van der Waals surface area contributed by atoms with E-state index in [0.717, 1.165) is 24.5 Å². The number of nitrogens with one attached hydrogen (secondary N) is 1. The van der Waals surface area contributed by atoms with Gasteiger partial charge in [-0.1, -0.05) is 23.7 Å². The molecule has 2 aromatic carbocycles. The fourth-order valence-corrected chi connectivity index (χ4v) is 3.37. The van der Waals surface area contributed by atoms with Crippen LogP contribution in [0.3, 0.4) is 0 Å². The van der Waals surface area contributed by atoms with Crippen molar-refractivity contribution in [3.63, 3.8) is 0 Å². The second-order valence-electron chi connectivity index (χ2n) is 5.86. The van der Waals surface area contributed by atoms with Crippen molar-refractivity contribution in [1.82, 2.24) is 0 Å². The van der Waals surface area contributed by atoms with Crippen molar-refractivity contribution in [2.75, 3.05) is 30.1 Å². The van der Waals surface area contributed by atoms with E-state index in [9.17, 15) is 4.79 Å². The molecule has 2 aliphatic rings. The first kappa shape index (κ1) is 15.1. The lowest BCUT2D eigenvalue weighted by molar-refractivity contribution is 0.102. The highest BCUT2D eigenvalue weighted by molar-refractivity contribution is 6.33. The number of benzene rings is 2. The van der Waals surface area contributed by atoms with E-state index in [-0.39, 0.29) is 12.7 Å². The van der Waals surface area contributed by atoms with Gasteiger partial charge in [0.1, 0.15) is 0 Å². The molecule has 2 aromatic rings. The van der Waals surface area contributed by atoms with Crippen molar-refractivity contribution in [2.45, 2.75) is 12.8 Å². The number of rotatable bonds is 3. The van der Waals surface area contributed by atoms with Gasteiger partial charge < -0.3 is 19.7 Å². The fourth-order valence-electron chi connectivity index (χ4n) is 3.11. The zero-order valence-electron chi connectivity index (χ0n) is 13.0. The van der Waals surface area contributed by atoms with Crippen LogP contribution in [0, 0.1) is 0 Å². The highest BCUT2D eigenvalue weighted by atomic mass is 35.5. The van der Waals surface area contributed by atoms with Gasteiger partial charge in [-0.2, -0.15) is 0 Å². The Bertz CT molecular complexity index is 788. The molecule has 1 N–H and O–H groups in total. The predicted octanol–water partition coefficient (Wildman–Crippen LogP) is 3.92. The molecule has 4 rings (SSSR count). The molecule has 0 saturated carbocycles. The Morgan fingerprint density at radius 1 is 1.12 bits per heavy atom. The van der Waals surface area contributed by atoms with Crippen molar-refractivity contribution in [2.24, 2.45) is 0 Å². The van der Waals surface area contributed by atoms with E-state index in [2.05, 4.69) is 10.2 Å². The molecule has 0 radical (unpaired) electrons. The summed E-state index contributed by atoms with van der Waals surface area (Å²) >= 11 is 6.16. The largest absolute Gasteiger partial charge is 0.454 e. The lowest BCUT2D eigenvalue weighted by Gasteiger charge is -2.21. The summed E-state index contributed by atoms with van der Waals surface area (Å²) in [6, 6.07) is 11.1. The lowest BCUT2D eigenvalue weighted by Crippen LogP contribution is -2.21. The molecule has 24 heavy (non-hydrogen) atoms. The van der Waals surface area contributed by atoms with E-state index < -0.39 is 0 Å². The summed E-state index contributed by atoms with van der Waals surface area (Å²) in [6.07, 6.45) is 2.36. The van der Waals surface area contributed by atoms with Crippen LogP contribution in [0.5, 0.6) is 11.5 Å². The third-order valence-corrected chi connectivity index (χ3v) is 4.57. The molecule has 1 saturated heterocycles. The number of hydrogen-bond donors (Lipinski definition) is 1. The van der Waals surface area contributed by atoms with Crippen molar-refractivity contribution in [3.8, 4) is 11.5 Å². The topological polar surface area (TPSA) is 50.8 Å². The molecule has 5 nitrogen and oxygen atoms in total. The molecule has 0 atom stereocenters. The van der Waals surface area contributed by atoms with Crippen LogP contribution in [-0.2, 0) is 0 Å². The number of fused-ring (bicyclic) bond motifs is 1. The van der Waals surface area contributed by atoms with Gasteiger partial charge in [-0.3, -0.25) is 4.79 Å². The molecule has 0 aliphatic carbocycles. The average Bonchev–Trinajstić information content (AvgIpc) is 3.27. The van der Waals surface area contributed by atoms with Gasteiger partial charge in [-0.05, 0) is 37.1 Å². The highest BCUT2D eigenvalue weighted by Crippen LogP contribution is 2.40. The first-order valence-corrected chi connectivity index (χ1v) is 8.34. The van der Waals surface area contributed by atoms with Gasteiger partial charge >= 0.3 is 0 Å². The molecule has 2 aliphatic heterocycles. The van der Waals surface area contributed by atoms with Gasteiger partial charge in [-0.25, -0.2) is 0 Å². The molecule has 2 heterocycles. The molecule has 0 bridgehead atoms. The molecular formula is C18H17ClN2O3. The zero-order chi connectivity index (χ0) is 16.5. The molecule has 0 spiro atoms. The standard InChI is InChI=1S/C18H17ClN2O3/c19-13-9-12(10-16-17(13)24-11-23-16)18(22)20-14-5-1-2-6-15(14)21-7-3-4-8-21/h1-2,5-6,9-10H,3-4,7-8,11H2,(H,20,22). The third kappa shape index (κ3) is 2.76. The van der Waals surface area contributed by atoms with Gasteiger partial charge in [-0.15, -0.1) is 0 Å². The Morgan fingerprint density at radius 3 is 2.75 bits per heavy atom. The quantitative estimate of drug-likeness (QED) is 0.916. The van der Waals surface area contributed by atoms with E-state index in [4.69, 9.17) is 21.1 Å². The highest BCUT2D eigenvalue weighted by Gasteiger charge is 2.22. The summed E-state index contributed by atoms with van der Waals surface area (Å²) in [5.74, 6) is 0.771. The average molecular weight is 345 g/mol. The monoisotopic (exact) mass is 344 g/mol. The van der Waals surface area contributed by atoms with Crippen LogP contribution in [0.15, 0.2) is 36.4 Å². The second-order valence-corrected chi connectivity index (χ2v) is 6.26. The van der Waals surface area contributed by atoms with Crippen LogP contribution < -0.4 is 19.7 Å². The van der Waals surface area contributed by atoms with Crippen molar-refractivity contribution in [3.05, 3.63) is 47.0 Å². The number of hydrogen-bond acceptors (Lipinski definition) is 4. The van der Waals surface area contributed by atoms with Crippen LogP contribution >= 0.6 is 11.6 Å². The SMILES string of the molecule is O=C(Nc1ccccc1N1CCCC1)c1cc(Cl)c2c(c1)OCO2. The Hall–Kier alpha value is -2.40. The number of amides is 1. The molecule has 0 aromatic heterocycles. The van der Waals surface area contributed by atoms with E-state index in [1.807, 2.05) is 24.3 Å². The van der Waals surface area contributed by atoms with E-state index in [1.165, 1.54) is 12.8 Å². The minimum atomic E-state index is -0.221. The van der Waals surface area contributed by atoms with Gasteiger partial charge in [0.2, 0.25) is 6.79 Å². The second kappa shape index (κ2) is 6.24. The minimum absolute atomic E-state index is 0.123. The minimum Gasteiger partial charge on any atom is -0.454 e. The summed E-state index contributed by atoms with van der Waals surface area (Å²) in [5.41, 5.74) is 2.30. The Labute approximate surface area is 145 Å².